The minimum Gasteiger partial charge on any atom is -0.481 e. The van der Waals surface area contributed by atoms with E-state index in [1.165, 1.54) is 84.0 Å². The first kappa shape index (κ1) is 27.9. The molecule has 160 valence electrons. The van der Waals surface area contributed by atoms with E-state index in [0.717, 1.165) is 25.0 Å². The van der Waals surface area contributed by atoms with Gasteiger partial charge < -0.3 is 9.84 Å². The zero-order valence-electron chi connectivity index (χ0n) is 18.1. The molecule has 0 amide bonds. The third-order valence-electron chi connectivity index (χ3n) is 4.42. The third-order valence-corrected chi connectivity index (χ3v) is 4.42. The van der Waals surface area contributed by atoms with Gasteiger partial charge in [0.05, 0.1) is 6.26 Å². The topological polar surface area (TPSA) is 63.6 Å². The lowest BCUT2D eigenvalue weighted by atomic mass is 10.0. The molecule has 0 fully saturated rings. The van der Waals surface area contributed by atoms with Crippen molar-refractivity contribution in [3.8, 4) is 0 Å². The highest BCUT2D eigenvalue weighted by Gasteiger charge is 1.97. The van der Waals surface area contributed by atoms with Gasteiger partial charge in [-0.05, 0) is 12.3 Å². The molecule has 0 radical (unpaired) electrons. The lowest BCUT2D eigenvalue weighted by Gasteiger charge is -2.04. The molecular weight excluding hydrogens is 340 g/mol. The van der Waals surface area contributed by atoms with E-state index in [-0.39, 0.29) is 5.97 Å². The van der Waals surface area contributed by atoms with Crippen molar-refractivity contribution in [3.63, 3.8) is 0 Å². The molecule has 0 bridgehead atoms. The fourth-order valence-corrected chi connectivity index (χ4v) is 2.89. The number of aliphatic carboxylic acids is 1. The Hall–Kier alpha value is -1.32. The predicted octanol–water partition coefficient (Wildman–Crippen LogP) is 7.27. The van der Waals surface area contributed by atoms with Crippen LogP contribution in [0.25, 0.3) is 0 Å². The minimum absolute atomic E-state index is 0.329. The van der Waals surface area contributed by atoms with Gasteiger partial charge in [-0.25, -0.2) is 0 Å². The van der Waals surface area contributed by atoms with Crippen molar-refractivity contribution in [2.24, 2.45) is 5.92 Å². The lowest BCUT2D eigenvalue weighted by Crippen LogP contribution is -1.93. The number of rotatable bonds is 17. The highest BCUT2D eigenvalue weighted by atomic mass is 16.5. The average molecular weight is 385 g/mol. The van der Waals surface area contributed by atoms with Gasteiger partial charge in [0.2, 0.25) is 0 Å². The Morgan fingerprint density at radius 2 is 1.19 bits per heavy atom. The van der Waals surface area contributed by atoms with Crippen LogP contribution in [-0.2, 0) is 14.3 Å². The van der Waals surface area contributed by atoms with Crippen LogP contribution in [0.15, 0.2) is 12.8 Å². The van der Waals surface area contributed by atoms with Gasteiger partial charge >= 0.3 is 11.9 Å². The Kier molecular flexibility index (Phi) is 23.5. The second-order valence-corrected chi connectivity index (χ2v) is 7.70. The molecule has 0 rings (SSSR count). The van der Waals surface area contributed by atoms with Gasteiger partial charge in [-0.1, -0.05) is 104 Å². The molecule has 0 saturated heterocycles. The van der Waals surface area contributed by atoms with E-state index in [1.807, 2.05) is 0 Å². The van der Waals surface area contributed by atoms with E-state index < -0.39 is 5.97 Å². The largest absolute Gasteiger partial charge is 0.481 e. The van der Waals surface area contributed by atoms with Crippen LogP contribution in [0, 0.1) is 5.92 Å². The molecule has 1 N–H and O–H groups in total. The summed E-state index contributed by atoms with van der Waals surface area (Å²) >= 11 is 0. The monoisotopic (exact) mass is 384 g/mol. The van der Waals surface area contributed by atoms with Gasteiger partial charge in [-0.2, -0.15) is 0 Å². The van der Waals surface area contributed by atoms with Crippen molar-refractivity contribution in [1.82, 2.24) is 0 Å². The second-order valence-electron chi connectivity index (χ2n) is 7.70. The van der Waals surface area contributed by atoms with Crippen LogP contribution in [0.3, 0.4) is 0 Å². The quantitative estimate of drug-likeness (QED) is 0.163. The molecule has 0 spiro atoms. The first-order chi connectivity index (χ1) is 12.9. The summed E-state index contributed by atoms with van der Waals surface area (Å²) in [5.41, 5.74) is 0. The predicted molar refractivity (Wildman–Crippen MR) is 114 cm³/mol. The fourth-order valence-electron chi connectivity index (χ4n) is 2.89. The molecular formula is C23H44O4. The van der Waals surface area contributed by atoms with Crippen LogP contribution in [0.4, 0.5) is 0 Å². The second kappa shape index (κ2) is 22.7. The number of esters is 1. The van der Waals surface area contributed by atoms with Crippen molar-refractivity contribution >= 4 is 11.9 Å². The Balaban J connectivity index is 0. The number of ether oxygens (including phenoxy) is 1. The zero-order valence-corrected chi connectivity index (χ0v) is 18.1. The van der Waals surface area contributed by atoms with E-state index >= 15 is 0 Å². The SMILES string of the molecule is C=COC(C)=O.CC(C)CCCCCCCCCCCCCCCC(=O)O. The molecule has 0 saturated carbocycles. The lowest BCUT2D eigenvalue weighted by molar-refractivity contribution is -0.137. The van der Waals surface area contributed by atoms with E-state index in [1.54, 1.807) is 0 Å². The van der Waals surface area contributed by atoms with E-state index in [4.69, 9.17) is 5.11 Å². The number of hydrogen-bond donors (Lipinski definition) is 1. The average Bonchev–Trinajstić information content (AvgIpc) is 2.58. The third kappa shape index (κ3) is 32.8. The summed E-state index contributed by atoms with van der Waals surface area (Å²) in [6, 6.07) is 0. The van der Waals surface area contributed by atoms with Gasteiger partial charge in [0.1, 0.15) is 0 Å². The van der Waals surface area contributed by atoms with Crippen LogP contribution in [-0.4, -0.2) is 17.0 Å². The molecule has 0 aliphatic heterocycles. The van der Waals surface area contributed by atoms with Crippen LogP contribution in [0.2, 0.25) is 0 Å². The Labute approximate surface area is 167 Å². The molecule has 27 heavy (non-hydrogen) atoms. The molecule has 0 heterocycles. The smallest absolute Gasteiger partial charge is 0.307 e. The molecule has 0 aliphatic carbocycles. The zero-order chi connectivity index (χ0) is 20.8. The summed E-state index contributed by atoms with van der Waals surface area (Å²) in [7, 11) is 0. The Morgan fingerprint density at radius 3 is 1.44 bits per heavy atom. The molecule has 0 aromatic rings. The highest BCUT2D eigenvalue weighted by molar-refractivity contribution is 5.66. The highest BCUT2D eigenvalue weighted by Crippen LogP contribution is 2.14. The van der Waals surface area contributed by atoms with Crippen molar-refractivity contribution in [3.05, 3.63) is 12.8 Å². The van der Waals surface area contributed by atoms with Crippen LogP contribution >= 0.6 is 0 Å². The number of carboxylic acid groups (broad SMARTS) is 1. The summed E-state index contributed by atoms with van der Waals surface area (Å²) < 4.78 is 4.17. The number of carbonyl (C=O) groups is 2. The summed E-state index contributed by atoms with van der Waals surface area (Å²) in [6.45, 7) is 9.10. The van der Waals surface area contributed by atoms with Gasteiger partial charge in [-0.15, -0.1) is 0 Å². The molecule has 0 aromatic heterocycles. The van der Waals surface area contributed by atoms with E-state index in [0.29, 0.717) is 6.42 Å². The molecule has 0 aliphatic rings. The Morgan fingerprint density at radius 1 is 0.815 bits per heavy atom. The number of unbranched alkanes of at least 4 members (excludes halogenated alkanes) is 12. The molecule has 0 unspecified atom stereocenters. The van der Waals surface area contributed by atoms with Crippen LogP contribution in [0.5, 0.6) is 0 Å². The first-order valence-electron chi connectivity index (χ1n) is 10.9. The van der Waals surface area contributed by atoms with Gasteiger partial charge in [0.25, 0.3) is 0 Å². The molecule has 0 aromatic carbocycles. The van der Waals surface area contributed by atoms with Crippen LogP contribution in [0.1, 0.15) is 117 Å². The molecule has 0 atom stereocenters. The van der Waals surface area contributed by atoms with Crippen molar-refractivity contribution in [1.29, 1.82) is 0 Å². The fraction of sp³-hybridized carbons (Fsp3) is 0.826. The van der Waals surface area contributed by atoms with E-state index in [2.05, 4.69) is 25.2 Å². The maximum atomic E-state index is 10.3. The van der Waals surface area contributed by atoms with Gasteiger partial charge in [0, 0.05) is 13.3 Å². The maximum absolute atomic E-state index is 10.3. The van der Waals surface area contributed by atoms with Crippen molar-refractivity contribution in [2.45, 2.75) is 117 Å². The molecule has 4 heteroatoms. The summed E-state index contributed by atoms with van der Waals surface area (Å²) in [5.74, 6) is -0.113. The van der Waals surface area contributed by atoms with Crippen LogP contribution < -0.4 is 0 Å². The number of hydrogen-bond acceptors (Lipinski definition) is 3. The normalized spacial score (nSPS) is 10.2. The first-order valence-corrected chi connectivity index (χ1v) is 10.9. The maximum Gasteiger partial charge on any atom is 0.307 e. The summed E-state index contributed by atoms with van der Waals surface area (Å²) in [4.78, 5) is 20.1. The number of carbonyl (C=O) groups excluding carboxylic acids is 1. The summed E-state index contributed by atoms with van der Waals surface area (Å²) in [6.07, 6.45) is 19.9. The molecule has 4 nitrogen and oxygen atoms in total. The van der Waals surface area contributed by atoms with Crippen molar-refractivity contribution in [2.75, 3.05) is 0 Å². The number of carboxylic acids is 1. The van der Waals surface area contributed by atoms with E-state index in [9.17, 15) is 9.59 Å². The van der Waals surface area contributed by atoms with Crippen molar-refractivity contribution < 1.29 is 19.4 Å². The standard InChI is InChI=1S/C19H38O2.C4H6O2/c1-18(2)16-14-12-10-8-6-4-3-5-7-9-11-13-15-17-19(20)21;1-3-6-4(2)5/h18H,3-17H2,1-2H3,(H,20,21);3H,1H2,2H3. The summed E-state index contributed by atoms with van der Waals surface area (Å²) in [5, 5.41) is 8.53. The minimum atomic E-state index is -0.654. The Bertz CT molecular complexity index is 350. The van der Waals surface area contributed by atoms with Gasteiger partial charge in [0.15, 0.2) is 0 Å². The van der Waals surface area contributed by atoms with Gasteiger partial charge in [-0.3, -0.25) is 9.59 Å².